The molecule has 2 aromatic heterocycles. The molecule has 4 rings (SSSR count). The maximum atomic E-state index is 13.5. The third-order valence-electron chi connectivity index (χ3n) is 3.04. The second kappa shape index (κ2) is 4.20. The molecule has 0 amide bonds. The summed E-state index contributed by atoms with van der Waals surface area (Å²) in [5.74, 6) is -0.970. The summed E-state index contributed by atoms with van der Waals surface area (Å²) in [7, 11) is 0. The zero-order valence-corrected chi connectivity index (χ0v) is 10.5. The van der Waals surface area contributed by atoms with Gasteiger partial charge in [-0.1, -0.05) is 6.07 Å². The molecule has 0 radical (unpaired) electrons. The van der Waals surface area contributed by atoms with Crippen molar-refractivity contribution in [1.82, 2.24) is 9.97 Å². The van der Waals surface area contributed by atoms with E-state index in [1.54, 1.807) is 30.3 Å². The van der Waals surface area contributed by atoms with Crippen LogP contribution in [0.2, 0.25) is 0 Å². The van der Waals surface area contributed by atoms with Gasteiger partial charge in [0.2, 0.25) is 0 Å². The molecule has 0 saturated carbocycles. The maximum absolute atomic E-state index is 13.5. The third kappa shape index (κ3) is 1.95. The second-order valence-corrected chi connectivity index (χ2v) is 4.46. The third-order valence-corrected chi connectivity index (χ3v) is 3.04. The van der Waals surface area contributed by atoms with E-state index in [2.05, 4.69) is 15.3 Å². The Bertz CT molecular complexity index is 1020. The van der Waals surface area contributed by atoms with E-state index in [0.717, 1.165) is 0 Å². The fraction of sp³-hybridized carbons (Fsp3) is 0. The van der Waals surface area contributed by atoms with Gasteiger partial charge in [0, 0.05) is 11.8 Å². The largest absolute Gasteiger partial charge is 0.423 e. The van der Waals surface area contributed by atoms with Crippen LogP contribution in [0.1, 0.15) is 0 Å². The molecule has 0 spiro atoms. The number of nitrogens with one attached hydrogen (secondary N) is 2. The normalized spacial score (nSPS) is 11.3. The van der Waals surface area contributed by atoms with Gasteiger partial charge < -0.3 is 14.2 Å². The van der Waals surface area contributed by atoms with Crippen LogP contribution in [0.3, 0.4) is 0 Å². The molecule has 0 atom stereocenters. The standard InChI is InChI=1S/C14H8FN3O3/c15-8-2-1-3-10-12(8)18-13(20-10)16-7-4-5-9-11(6-7)21-14(19)17-9/h1-6H,(H,16,18)(H,17,19). The van der Waals surface area contributed by atoms with Crippen molar-refractivity contribution in [3.63, 3.8) is 0 Å². The first-order valence-corrected chi connectivity index (χ1v) is 6.14. The van der Waals surface area contributed by atoms with E-state index < -0.39 is 11.6 Å². The van der Waals surface area contributed by atoms with Crippen molar-refractivity contribution in [3.8, 4) is 0 Å². The van der Waals surface area contributed by atoms with E-state index in [4.69, 9.17) is 8.83 Å². The number of rotatable bonds is 2. The summed E-state index contributed by atoms with van der Waals surface area (Å²) in [6, 6.07) is 9.68. The average molecular weight is 285 g/mol. The highest BCUT2D eigenvalue weighted by Crippen LogP contribution is 2.25. The first-order valence-electron chi connectivity index (χ1n) is 6.14. The highest BCUT2D eigenvalue weighted by Gasteiger charge is 2.10. The maximum Gasteiger partial charge on any atom is 0.417 e. The Morgan fingerprint density at radius 2 is 2.05 bits per heavy atom. The fourth-order valence-corrected chi connectivity index (χ4v) is 2.12. The minimum absolute atomic E-state index is 0.160. The lowest BCUT2D eigenvalue weighted by molar-refractivity contribution is 0.555. The number of halogens is 1. The molecule has 0 aliphatic heterocycles. The number of aromatic amines is 1. The van der Waals surface area contributed by atoms with E-state index >= 15 is 0 Å². The molecule has 7 heteroatoms. The lowest BCUT2D eigenvalue weighted by Gasteiger charge is -2.00. The summed E-state index contributed by atoms with van der Waals surface area (Å²) in [5.41, 5.74) is 2.12. The SMILES string of the molecule is O=c1[nH]c2ccc(Nc3nc4c(F)cccc4o3)cc2o1. The Hall–Kier alpha value is -3.09. The van der Waals surface area contributed by atoms with Crippen LogP contribution in [-0.2, 0) is 0 Å². The molecule has 2 aromatic carbocycles. The van der Waals surface area contributed by atoms with Crippen molar-refractivity contribution in [3.05, 3.63) is 52.8 Å². The molecule has 0 bridgehead atoms. The Morgan fingerprint density at radius 3 is 2.90 bits per heavy atom. The predicted molar refractivity (Wildman–Crippen MR) is 74.1 cm³/mol. The lowest BCUT2D eigenvalue weighted by Crippen LogP contribution is -1.92. The van der Waals surface area contributed by atoms with Crippen LogP contribution in [0.15, 0.2) is 50.0 Å². The van der Waals surface area contributed by atoms with Crippen molar-refractivity contribution in [2.24, 2.45) is 0 Å². The molecule has 2 heterocycles. The zero-order chi connectivity index (χ0) is 14.4. The van der Waals surface area contributed by atoms with Crippen molar-refractivity contribution in [2.75, 3.05) is 5.32 Å². The summed E-state index contributed by atoms with van der Waals surface area (Å²) in [4.78, 5) is 17.7. The molecule has 104 valence electrons. The highest BCUT2D eigenvalue weighted by molar-refractivity contribution is 5.79. The summed E-state index contributed by atoms with van der Waals surface area (Å²) < 4.78 is 23.9. The van der Waals surface area contributed by atoms with E-state index in [1.165, 1.54) is 6.07 Å². The number of fused-ring (bicyclic) bond motifs is 2. The number of benzene rings is 2. The smallest absolute Gasteiger partial charge is 0.417 e. The molecule has 0 unspecified atom stereocenters. The van der Waals surface area contributed by atoms with E-state index in [0.29, 0.717) is 22.4 Å². The van der Waals surface area contributed by atoms with Crippen LogP contribution in [-0.4, -0.2) is 9.97 Å². The van der Waals surface area contributed by atoms with Gasteiger partial charge in [0.25, 0.3) is 6.01 Å². The topological polar surface area (TPSA) is 84.1 Å². The number of oxazole rings is 2. The number of aromatic nitrogens is 2. The number of nitrogens with zero attached hydrogens (tertiary/aromatic N) is 1. The van der Waals surface area contributed by atoms with Crippen LogP contribution in [0.4, 0.5) is 16.1 Å². The van der Waals surface area contributed by atoms with Crippen LogP contribution in [0, 0.1) is 5.82 Å². The highest BCUT2D eigenvalue weighted by atomic mass is 19.1. The Balaban J connectivity index is 1.74. The molecule has 0 saturated heterocycles. The van der Waals surface area contributed by atoms with Gasteiger partial charge in [0.1, 0.15) is 5.52 Å². The number of hydrogen-bond acceptors (Lipinski definition) is 5. The van der Waals surface area contributed by atoms with Gasteiger partial charge in [-0.15, -0.1) is 0 Å². The minimum atomic E-state index is -0.522. The molecular weight excluding hydrogens is 277 g/mol. The number of anilines is 2. The van der Waals surface area contributed by atoms with Gasteiger partial charge in [-0.3, -0.25) is 4.98 Å². The van der Waals surface area contributed by atoms with Crippen LogP contribution >= 0.6 is 0 Å². The second-order valence-electron chi connectivity index (χ2n) is 4.46. The Morgan fingerprint density at radius 1 is 1.14 bits per heavy atom. The number of H-pyrrole nitrogens is 1. The number of hydrogen-bond donors (Lipinski definition) is 2. The first-order chi connectivity index (χ1) is 10.2. The molecule has 0 aliphatic carbocycles. The molecule has 0 fully saturated rings. The van der Waals surface area contributed by atoms with Gasteiger partial charge in [0.15, 0.2) is 17.0 Å². The summed E-state index contributed by atoms with van der Waals surface area (Å²) in [6.45, 7) is 0. The number of para-hydroxylation sites is 1. The lowest BCUT2D eigenvalue weighted by atomic mass is 10.3. The molecular formula is C14H8FN3O3. The molecule has 4 aromatic rings. The van der Waals surface area contributed by atoms with Gasteiger partial charge in [-0.05, 0) is 24.3 Å². The van der Waals surface area contributed by atoms with Crippen LogP contribution in [0.25, 0.3) is 22.2 Å². The Kier molecular flexibility index (Phi) is 2.34. The van der Waals surface area contributed by atoms with Crippen molar-refractivity contribution < 1.29 is 13.2 Å². The molecule has 0 aliphatic rings. The Labute approximate surface area is 116 Å². The average Bonchev–Trinajstić information content (AvgIpc) is 3.01. The first kappa shape index (κ1) is 11.7. The van der Waals surface area contributed by atoms with Crippen molar-refractivity contribution in [1.29, 1.82) is 0 Å². The predicted octanol–water partition coefficient (Wildman–Crippen LogP) is 3.15. The van der Waals surface area contributed by atoms with Crippen LogP contribution < -0.4 is 11.1 Å². The van der Waals surface area contributed by atoms with E-state index in [1.807, 2.05) is 0 Å². The summed E-state index contributed by atoms with van der Waals surface area (Å²) in [6.07, 6.45) is 0. The van der Waals surface area contributed by atoms with Gasteiger partial charge >= 0.3 is 5.76 Å². The summed E-state index contributed by atoms with van der Waals surface area (Å²) in [5, 5.41) is 2.90. The summed E-state index contributed by atoms with van der Waals surface area (Å²) >= 11 is 0. The van der Waals surface area contributed by atoms with Gasteiger partial charge in [0.05, 0.1) is 5.52 Å². The van der Waals surface area contributed by atoms with Gasteiger partial charge in [-0.2, -0.15) is 4.98 Å². The van der Waals surface area contributed by atoms with Gasteiger partial charge in [-0.25, -0.2) is 9.18 Å². The minimum Gasteiger partial charge on any atom is -0.423 e. The molecule has 2 N–H and O–H groups in total. The molecule has 6 nitrogen and oxygen atoms in total. The monoisotopic (exact) mass is 285 g/mol. The van der Waals surface area contributed by atoms with Crippen molar-refractivity contribution in [2.45, 2.75) is 0 Å². The molecule has 21 heavy (non-hydrogen) atoms. The van der Waals surface area contributed by atoms with Crippen molar-refractivity contribution >= 4 is 33.9 Å². The van der Waals surface area contributed by atoms with Crippen LogP contribution in [0.5, 0.6) is 0 Å². The zero-order valence-electron chi connectivity index (χ0n) is 10.5. The van der Waals surface area contributed by atoms with E-state index in [-0.39, 0.29) is 11.5 Å². The van der Waals surface area contributed by atoms with E-state index in [9.17, 15) is 9.18 Å². The quantitative estimate of drug-likeness (QED) is 0.591. The fourth-order valence-electron chi connectivity index (χ4n) is 2.12.